The van der Waals surface area contributed by atoms with Crippen LogP contribution >= 0.6 is 11.6 Å². The van der Waals surface area contributed by atoms with Gasteiger partial charge in [-0.3, -0.25) is 14.8 Å². The molecule has 0 spiro atoms. The first-order valence-electron chi connectivity index (χ1n) is 8.48. The molecule has 2 rings (SSSR count). The average Bonchev–Trinajstić information content (AvgIpc) is 2.64. The van der Waals surface area contributed by atoms with E-state index in [0.717, 1.165) is 22.5 Å². The molecule has 0 aliphatic heterocycles. The molecule has 0 radical (unpaired) electrons. The molecule has 0 amide bonds. The van der Waals surface area contributed by atoms with Crippen LogP contribution in [0, 0.1) is 17.0 Å². The lowest BCUT2D eigenvalue weighted by Crippen LogP contribution is -2.23. The molecule has 0 aliphatic rings. The second-order valence-electron chi connectivity index (χ2n) is 6.29. The van der Waals surface area contributed by atoms with Crippen molar-refractivity contribution in [1.82, 2.24) is 4.31 Å². The molecule has 30 heavy (non-hydrogen) atoms. The van der Waals surface area contributed by atoms with Crippen LogP contribution in [-0.4, -0.2) is 46.8 Å². The van der Waals surface area contributed by atoms with Crippen molar-refractivity contribution in [1.29, 1.82) is 0 Å². The van der Waals surface area contributed by atoms with E-state index in [2.05, 4.69) is 4.72 Å². The highest BCUT2D eigenvalue weighted by atomic mass is 35.5. The number of hydrogen-bond acceptors (Lipinski definition) is 7. The van der Waals surface area contributed by atoms with E-state index in [0.29, 0.717) is 0 Å². The molecule has 13 heteroatoms. The highest BCUT2D eigenvalue weighted by Crippen LogP contribution is 2.32. The summed E-state index contributed by atoms with van der Waals surface area (Å²) in [4.78, 5) is 9.77. The van der Waals surface area contributed by atoms with E-state index in [1.165, 1.54) is 33.2 Å². The summed E-state index contributed by atoms with van der Waals surface area (Å²) < 4.78 is 59.2. The maximum Gasteiger partial charge on any atom is 0.275 e. The first-order chi connectivity index (χ1) is 13.8. The molecule has 2 aromatic carbocycles. The zero-order valence-electron chi connectivity index (χ0n) is 16.5. The van der Waals surface area contributed by atoms with Crippen LogP contribution in [0.15, 0.2) is 40.1 Å². The largest absolute Gasteiger partial charge is 0.492 e. The van der Waals surface area contributed by atoms with Gasteiger partial charge >= 0.3 is 0 Å². The Labute approximate surface area is 179 Å². The zero-order valence-corrected chi connectivity index (χ0v) is 18.9. The van der Waals surface area contributed by atoms with Crippen molar-refractivity contribution in [3.63, 3.8) is 0 Å². The molecule has 0 fully saturated rings. The van der Waals surface area contributed by atoms with Crippen LogP contribution in [0.3, 0.4) is 0 Å². The van der Waals surface area contributed by atoms with Crippen molar-refractivity contribution in [3.8, 4) is 5.75 Å². The summed E-state index contributed by atoms with van der Waals surface area (Å²) >= 11 is 5.95. The van der Waals surface area contributed by atoms with Gasteiger partial charge < -0.3 is 4.74 Å². The van der Waals surface area contributed by atoms with Gasteiger partial charge in [0.15, 0.2) is 0 Å². The summed E-state index contributed by atoms with van der Waals surface area (Å²) in [6, 6.07) is 5.72. The molecular formula is C17H20ClN3O7S2. The Bertz CT molecular complexity index is 1200. The van der Waals surface area contributed by atoms with Crippen LogP contribution in [0.2, 0.25) is 5.02 Å². The van der Waals surface area contributed by atoms with Crippen molar-refractivity contribution in [2.45, 2.75) is 23.6 Å². The van der Waals surface area contributed by atoms with Crippen molar-refractivity contribution in [3.05, 3.63) is 51.0 Å². The molecular weight excluding hydrogens is 458 g/mol. The molecule has 0 saturated carbocycles. The fourth-order valence-electron chi connectivity index (χ4n) is 2.44. The number of anilines is 1. The Morgan fingerprint density at radius 2 is 1.80 bits per heavy atom. The van der Waals surface area contributed by atoms with Crippen LogP contribution in [0.1, 0.15) is 12.5 Å². The first-order valence-corrected chi connectivity index (χ1v) is 11.8. The lowest BCUT2D eigenvalue weighted by atomic mass is 10.2. The molecule has 0 aromatic heterocycles. The highest BCUT2D eigenvalue weighted by Gasteiger charge is 2.26. The van der Waals surface area contributed by atoms with Gasteiger partial charge in [-0.25, -0.2) is 21.1 Å². The number of benzene rings is 2. The normalized spacial score (nSPS) is 12.1. The number of sulfonamides is 2. The predicted molar refractivity (Wildman–Crippen MR) is 112 cm³/mol. The lowest BCUT2D eigenvalue weighted by Gasteiger charge is -2.17. The third-order valence-corrected chi connectivity index (χ3v) is 7.64. The van der Waals surface area contributed by atoms with E-state index in [-0.39, 0.29) is 33.5 Å². The van der Waals surface area contributed by atoms with Crippen LogP contribution in [0.5, 0.6) is 5.75 Å². The van der Waals surface area contributed by atoms with Crippen molar-refractivity contribution >= 4 is 43.0 Å². The lowest BCUT2D eigenvalue weighted by molar-refractivity contribution is -0.385. The molecule has 0 heterocycles. The molecule has 2 aromatic rings. The van der Waals surface area contributed by atoms with E-state index in [1.54, 1.807) is 6.92 Å². The Hall–Kier alpha value is -2.41. The number of nitrogens with zero attached hydrogens (tertiary/aromatic N) is 2. The summed E-state index contributed by atoms with van der Waals surface area (Å²) in [6.45, 7) is 3.28. The number of rotatable bonds is 8. The zero-order chi connectivity index (χ0) is 22.9. The Morgan fingerprint density at radius 3 is 2.33 bits per heavy atom. The summed E-state index contributed by atoms with van der Waals surface area (Å²) in [5.74, 6) is 0.0585. The number of ether oxygens (including phenoxy) is 1. The first kappa shape index (κ1) is 23.9. The minimum atomic E-state index is -4.30. The molecule has 0 aliphatic carbocycles. The second kappa shape index (κ2) is 8.76. The fourth-order valence-corrected chi connectivity index (χ4v) is 4.87. The van der Waals surface area contributed by atoms with Crippen molar-refractivity contribution in [2.24, 2.45) is 0 Å². The van der Waals surface area contributed by atoms with Crippen LogP contribution in [0.25, 0.3) is 0 Å². The van der Waals surface area contributed by atoms with Gasteiger partial charge in [0, 0.05) is 25.7 Å². The van der Waals surface area contributed by atoms with E-state index in [9.17, 15) is 26.9 Å². The SMILES string of the molecule is CCOc1ccc(NS(=O)(=O)c2cc(Cl)c(C)c([N+](=O)[O-])c2)cc1S(=O)(=O)N(C)C. The van der Waals surface area contributed by atoms with Crippen molar-refractivity contribution in [2.75, 3.05) is 25.4 Å². The van der Waals surface area contributed by atoms with Crippen LogP contribution < -0.4 is 9.46 Å². The minimum Gasteiger partial charge on any atom is -0.492 e. The number of nitro benzene ring substituents is 1. The van der Waals surface area contributed by atoms with E-state index in [1.807, 2.05) is 0 Å². The topological polar surface area (TPSA) is 136 Å². The smallest absolute Gasteiger partial charge is 0.275 e. The van der Waals surface area contributed by atoms with E-state index < -0.39 is 35.6 Å². The number of hydrogen-bond donors (Lipinski definition) is 1. The third-order valence-electron chi connectivity index (χ3n) is 4.05. The van der Waals surface area contributed by atoms with Gasteiger partial charge in [0.2, 0.25) is 10.0 Å². The quantitative estimate of drug-likeness (QED) is 0.455. The fraction of sp³-hybridized carbons (Fsp3) is 0.294. The molecule has 0 unspecified atom stereocenters. The van der Waals surface area contributed by atoms with Gasteiger partial charge in [-0.2, -0.15) is 0 Å². The van der Waals surface area contributed by atoms with Gasteiger partial charge in [-0.1, -0.05) is 11.6 Å². The summed E-state index contributed by atoms with van der Waals surface area (Å²) in [5.41, 5.74) is -0.398. The van der Waals surface area contributed by atoms with Gasteiger partial charge in [0.25, 0.3) is 15.7 Å². The summed E-state index contributed by atoms with van der Waals surface area (Å²) in [5, 5.41) is 11.1. The molecule has 0 saturated heterocycles. The minimum absolute atomic E-state index is 0.0585. The highest BCUT2D eigenvalue weighted by molar-refractivity contribution is 7.92. The van der Waals surface area contributed by atoms with Crippen LogP contribution in [-0.2, 0) is 20.0 Å². The number of nitrogens with one attached hydrogen (secondary N) is 1. The van der Waals surface area contributed by atoms with Gasteiger partial charge in [0.05, 0.1) is 27.1 Å². The number of halogens is 1. The monoisotopic (exact) mass is 477 g/mol. The predicted octanol–water partition coefficient (Wildman–Crippen LogP) is 3.01. The Morgan fingerprint density at radius 1 is 1.17 bits per heavy atom. The van der Waals surface area contributed by atoms with Gasteiger partial charge in [-0.05, 0) is 38.1 Å². The molecule has 1 N–H and O–H groups in total. The van der Waals surface area contributed by atoms with Crippen molar-refractivity contribution < 1.29 is 26.5 Å². The van der Waals surface area contributed by atoms with Gasteiger partial charge in [0.1, 0.15) is 10.6 Å². The standard InChI is InChI=1S/C17H20ClN3O7S2/c1-5-28-16-7-6-12(8-17(16)30(26,27)20(3)4)19-29(24,25)13-9-14(18)11(2)15(10-13)21(22)23/h6-10,19H,5H2,1-4H3. The van der Waals surface area contributed by atoms with Gasteiger partial charge in [-0.15, -0.1) is 0 Å². The molecule has 10 nitrogen and oxygen atoms in total. The van der Waals surface area contributed by atoms with E-state index in [4.69, 9.17) is 16.3 Å². The average molecular weight is 478 g/mol. The number of nitro groups is 1. The van der Waals surface area contributed by atoms with Crippen LogP contribution in [0.4, 0.5) is 11.4 Å². The second-order valence-corrected chi connectivity index (χ2v) is 10.5. The summed E-state index contributed by atoms with van der Waals surface area (Å²) in [7, 11) is -5.59. The maximum atomic E-state index is 12.8. The molecule has 0 bridgehead atoms. The maximum absolute atomic E-state index is 12.8. The molecule has 164 valence electrons. The molecule has 0 atom stereocenters. The Balaban J connectivity index is 2.56. The summed E-state index contributed by atoms with van der Waals surface area (Å²) in [6.07, 6.45) is 0. The third kappa shape index (κ3) is 4.83. The van der Waals surface area contributed by atoms with E-state index >= 15 is 0 Å². The Kier molecular flexibility index (Phi) is 6.97.